The monoisotopic (exact) mass is 424 g/mol. The fourth-order valence-corrected chi connectivity index (χ4v) is 4.55. The second kappa shape index (κ2) is 7.56. The first-order valence-electron chi connectivity index (χ1n) is 9.41. The molecule has 0 bridgehead atoms. The summed E-state index contributed by atoms with van der Waals surface area (Å²) in [5, 5.41) is 3.54. The summed E-state index contributed by atoms with van der Waals surface area (Å²) in [6, 6.07) is 4.00. The molecule has 1 aliphatic heterocycles. The molecule has 26 heavy (non-hydrogen) atoms. The van der Waals surface area contributed by atoms with E-state index in [9.17, 15) is 4.79 Å². The van der Waals surface area contributed by atoms with Crippen LogP contribution in [0.15, 0.2) is 22.9 Å². The van der Waals surface area contributed by atoms with E-state index >= 15 is 0 Å². The number of nitrogens with zero attached hydrogens (tertiary/aromatic N) is 1. The molecule has 1 spiro atoms. The van der Waals surface area contributed by atoms with Gasteiger partial charge in [-0.15, -0.1) is 0 Å². The van der Waals surface area contributed by atoms with Crippen LogP contribution >= 0.6 is 15.9 Å². The molecule has 0 aromatic carbocycles. The molecule has 1 aromatic heterocycles. The van der Waals surface area contributed by atoms with Crippen molar-refractivity contribution in [1.29, 1.82) is 0 Å². The molecule has 1 N–H and O–H groups in total. The minimum atomic E-state index is -0.503. The Morgan fingerprint density at radius 1 is 1.31 bits per heavy atom. The van der Waals surface area contributed by atoms with Crippen molar-refractivity contribution in [1.82, 2.24) is 10.3 Å². The quantitative estimate of drug-likeness (QED) is 0.585. The Balaban J connectivity index is 1.79. The van der Waals surface area contributed by atoms with E-state index in [2.05, 4.69) is 32.3 Å². The third-order valence-electron chi connectivity index (χ3n) is 5.42. The molecule has 1 aromatic rings. The van der Waals surface area contributed by atoms with Gasteiger partial charge < -0.3 is 14.8 Å². The zero-order chi connectivity index (χ0) is 18.8. The summed E-state index contributed by atoms with van der Waals surface area (Å²) in [6.45, 7) is 7.70. The summed E-state index contributed by atoms with van der Waals surface area (Å²) >= 11 is 3.40. The Morgan fingerprint density at radius 2 is 2.12 bits per heavy atom. The van der Waals surface area contributed by atoms with Crippen LogP contribution < -0.4 is 5.32 Å². The van der Waals surface area contributed by atoms with Crippen LogP contribution in [0.25, 0.3) is 0 Å². The molecule has 2 aliphatic rings. The molecule has 2 unspecified atom stereocenters. The summed E-state index contributed by atoms with van der Waals surface area (Å²) < 4.78 is 12.5. The minimum Gasteiger partial charge on any atom is -0.458 e. The summed E-state index contributed by atoms with van der Waals surface area (Å²) in [5.41, 5.74) is 0.325. The van der Waals surface area contributed by atoms with Crippen LogP contribution in [0.2, 0.25) is 0 Å². The van der Waals surface area contributed by atoms with Crippen LogP contribution in [0.5, 0.6) is 0 Å². The molecule has 1 aliphatic carbocycles. The molecule has 0 amide bonds. The number of esters is 1. The maximum Gasteiger partial charge on any atom is 0.332 e. The van der Waals surface area contributed by atoms with Gasteiger partial charge in [0.2, 0.25) is 0 Å². The van der Waals surface area contributed by atoms with Gasteiger partial charge in [0.15, 0.2) is 0 Å². The van der Waals surface area contributed by atoms with Gasteiger partial charge in [0.05, 0.1) is 5.60 Å². The molecule has 3 rings (SSSR count). The van der Waals surface area contributed by atoms with Gasteiger partial charge in [-0.05, 0) is 86.8 Å². The number of halogens is 1. The summed E-state index contributed by atoms with van der Waals surface area (Å²) in [5.74, 6) is -0.315. The standard InChI is InChI=1S/C20H29BrN2O3/c1-18(2,3)26-17(24)12-25-20(15-5-6-16(21)23-11-15)9-8-19(13-20)7-4-10-22-14-19/h5-6,11,22H,4,7-10,12-14H2,1-3H3. The van der Waals surface area contributed by atoms with E-state index in [0.29, 0.717) is 0 Å². The molecule has 2 fully saturated rings. The van der Waals surface area contributed by atoms with Gasteiger partial charge in [-0.1, -0.05) is 6.07 Å². The predicted molar refractivity (Wildman–Crippen MR) is 104 cm³/mol. The van der Waals surface area contributed by atoms with Crippen molar-refractivity contribution in [3.8, 4) is 0 Å². The number of hydrogen-bond acceptors (Lipinski definition) is 5. The summed E-state index contributed by atoms with van der Waals surface area (Å²) in [4.78, 5) is 16.6. The van der Waals surface area contributed by atoms with Crippen molar-refractivity contribution in [2.75, 3.05) is 19.7 Å². The van der Waals surface area contributed by atoms with Crippen molar-refractivity contribution in [3.05, 3.63) is 28.5 Å². The SMILES string of the molecule is CC(C)(C)OC(=O)COC1(c2ccc(Br)nc2)CCC2(CCCNC2)C1. The van der Waals surface area contributed by atoms with Gasteiger partial charge in [0, 0.05) is 18.3 Å². The fourth-order valence-electron chi connectivity index (χ4n) is 4.31. The zero-order valence-corrected chi connectivity index (χ0v) is 17.5. The van der Waals surface area contributed by atoms with Crippen LogP contribution in [-0.4, -0.2) is 36.3 Å². The largest absolute Gasteiger partial charge is 0.458 e. The summed E-state index contributed by atoms with van der Waals surface area (Å²) in [7, 11) is 0. The van der Waals surface area contributed by atoms with Crippen molar-refractivity contribution in [3.63, 3.8) is 0 Å². The van der Waals surface area contributed by atoms with E-state index in [4.69, 9.17) is 9.47 Å². The van der Waals surface area contributed by atoms with Crippen LogP contribution in [-0.2, 0) is 19.9 Å². The highest BCUT2D eigenvalue weighted by Crippen LogP contribution is 2.54. The number of aromatic nitrogens is 1. The molecule has 1 saturated heterocycles. The van der Waals surface area contributed by atoms with Gasteiger partial charge in [0.1, 0.15) is 16.8 Å². The number of piperidine rings is 1. The van der Waals surface area contributed by atoms with E-state index < -0.39 is 11.2 Å². The van der Waals surface area contributed by atoms with Gasteiger partial charge in [0.25, 0.3) is 0 Å². The van der Waals surface area contributed by atoms with Crippen LogP contribution in [0.4, 0.5) is 0 Å². The Kier molecular flexibility index (Phi) is 5.75. The zero-order valence-electron chi connectivity index (χ0n) is 15.9. The highest BCUT2D eigenvalue weighted by Gasteiger charge is 2.50. The number of carbonyl (C=O) groups is 1. The molecule has 6 heteroatoms. The Bertz CT molecular complexity index is 635. The number of ether oxygens (including phenoxy) is 2. The van der Waals surface area contributed by atoms with E-state index in [-0.39, 0.29) is 18.0 Å². The molecule has 2 heterocycles. The highest BCUT2D eigenvalue weighted by molar-refractivity contribution is 9.10. The first-order valence-corrected chi connectivity index (χ1v) is 10.2. The second-order valence-corrected chi connectivity index (χ2v) is 9.51. The van der Waals surface area contributed by atoms with E-state index in [1.165, 1.54) is 12.8 Å². The van der Waals surface area contributed by atoms with Gasteiger partial charge in [-0.3, -0.25) is 0 Å². The van der Waals surface area contributed by atoms with Crippen LogP contribution in [0.1, 0.15) is 58.4 Å². The topological polar surface area (TPSA) is 60.5 Å². The first kappa shape index (κ1) is 19.8. The average Bonchev–Trinajstić information content (AvgIpc) is 2.92. The molecule has 2 atom stereocenters. The Hall–Kier alpha value is -0.980. The van der Waals surface area contributed by atoms with Crippen molar-refractivity contribution >= 4 is 21.9 Å². The smallest absolute Gasteiger partial charge is 0.332 e. The number of rotatable bonds is 4. The van der Waals surface area contributed by atoms with Crippen LogP contribution in [0, 0.1) is 5.41 Å². The van der Waals surface area contributed by atoms with E-state index in [1.807, 2.05) is 33.0 Å². The Morgan fingerprint density at radius 3 is 2.73 bits per heavy atom. The molecule has 0 radical (unpaired) electrons. The first-order chi connectivity index (χ1) is 12.2. The maximum absolute atomic E-state index is 12.2. The lowest BCUT2D eigenvalue weighted by atomic mass is 9.77. The van der Waals surface area contributed by atoms with Crippen LogP contribution in [0.3, 0.4) is 0 Å². The molecule has 5 nitrogen and oxygen atoms in total. The highest BCUT2D eigenvalue weighted by atomic mass is 79.9. The van der Waals surface area contributed by atoms with Gasteiger partial charge >= 0.3 is 5.97 Å². The summed E-state index contributed by atoms with van der Waals surface area (Å²) in [6.07, 6.45) is 7.20. The fraction of sp³-hybridized carbons (Fsp3) is 0.700. The van der Waals surface area contributed by atoms with E-state index in [1.54, 1.807) is 0 Å². The lowest BCUT2D eigenvalue weighted by molar-refractivity contribution is -0.168. The lowest BCUT2D eigenvalue weighted by Gasteiger charge is -2.37. The number of carbonyl (C=O) groups excluding carboxylic acids is 1. The second-order valence-electron chi connectivity index (χ2n) is 8.70. The molecular weight excluding hydrogens is 396 g/mol. The third kappa shape index (κ3) is 4.65. The van der Waals surface area contributed by atoms with Gasteiger partial charge in [-0.25, -0.2) is 9.78 Å². The molecule has 1 saturated carbocycles. The maximum atomic E-state index is 12.2. The van der Waals surface area contributed by atoms with E-state index in [0.717, 1.165) is 42.5 Å². The molecular formula is C20H29BrN2O3. The predicted octanol–water partition coefficient (Wildman–Crippen LogP) is 3.95. The van der Waals surface area contributed by atoms with Crippen molar-refractivity contribution < 1.29 is 14.3 Å². The van der Waals surface area contributed by atoms with Crippen molar-refractivity contribution in [2.45, 2.75) is 64.1 Å². The van der Waals surface area contributed by atoms with Gasteiger partial charge in [-0.2, -0.15) is 0 Å². The number of hydrogen-bond donors (Lipinski definition) is 1. The number of nitrogens with one attached hydrogen (secondary N) is 1. The Labute approximate surface area is 164 Å². The van der Waals surface area contributed by atoms with Crippen molar-refractivity contribution in [2.24, 2.45) is 5.41 Å². The lowest BCUT2D eigenvalue weighted by Crippen LogP contribution is -2.40. The minimum absolute atomic E-state index is 0.0309. The average molecular weight is 425 g/mol. The molecule has 144 valence electrons. The third-order valence-corrected chi connectivity index (χ3v) is 5.89. The normalized spacial score (nSPS) is 29.1. The number of pyridine rings is 1.